The summed E-state index contributed by atoms with van der Waals surface area (Å²) in [6.07, 6.45) is 11.0. The van der Waals surface area contributed by atoms with Crippen molar-refractivity contribution in [2.24, 2.45) is 5.92 Å². The zero-order chi connectivity index (χ0) is 14.4. The number of hydrogen-bond donors (Lipinski definition) is 1. The van der Waals surface area contributed by atoms with Gasteiger partial charge in [-0.3, -0.25) is 0 Å². The van der Waals surface area contributed by atoms with Crippen LogP contribution in [0, 0.1) is 5.92 Å². The Labute approximate surface area is 124 Å². The highest BCUT2D eigenvalue weighted by atomic mass is 16.3. The molecule has 0 spiro atoms. The fourth-order valence-corrected chi connectivity index (χ4v) is 3.56. The SMILES string of the molecule is CCc1ccc(C(O)CCC2CCCCC2)cc1CC. The summed E-state index contributed by atoms with van der Waals surface area (Å²) in [6, 6.07) is 6.56. The van der Waals surface area contributed by atoms with Gasteiger partial charge in [0.2, 0.25) is 0 Å². The van der Waals surface area contributed by atoms with Crippen molar-refractivity contribution in [3.8, 4) is 0 Å². The van der Waals surface area contributed by atoms with E-state index < -0.39 is 0 Å². The fraction of sp³-hybridized carbons (Fsp3) is 0.684. The van der Waals surface area contributed by atoms with Gasteiger partial charge < -0.3 is 5.11 Å². The highest BCUT2D eigenvalue weighted by molar-refractivity contribution is 5.33. The molecule has 1 aliphatic rings. The van der Waals surface area contributed by atoms with Gasteiger partial charge in [-0.2, -0.15) is 0 Å². The highest BCUT2D eigenvalue weighted by Crippen LogP contribution is 2.30. The molecule has 1 atom stereocenters. The zero-order valence-electron chi connectivity index (χ0n) is 13.2. The van der Waals surface area contributed by atoms with E-state index in [1.807, 2.05) is 0 Å². The van der Waals surface area contributed by atoms with E-state index in [9.17, 15) is 5.11 Å². The topological polar surface area (TPSA) is 20.2 Å². The molecule has 2 rings (SSSR count). The zero-order valence-corrected chi connectivity index (χ0v) is 13.2. The van der Waals surface area contributed by atoms with E-state index in [1.165, 1.54) is 49.7 Å². The highest BCUT2D eigenvalue weighted by Gasteiger charge is 2.16. The Kier molecular flexibility index (Phi) is 6.09. The molecule has 112 valence electrons. The first-order valence-corrected chi connectivity index (χ1v) is 8.54. The molecule has 0 saturated heterocycles. The third kappa shape index (κ3) is 4.09. The second-order valence-electron chi connectivity index (χ2n) is 6.33. The van der Waals surface area contributed by atoms with Crippen LogP contribution in [0.1, 0.15) is 81.6 Å². The lowest BCUT2D eigenvalue weighted by molar-refractivity contribution is 0.151. The Morgan fingerprint density at radius 1 is 1.05 bits per heavy atom. The smallest absolute Gasteiger partial charge is 0.0790 e. The van der Waals surface area contributed by atoms with Crippen LogP contribution in [-0.4, -0.2) is 5.11 Å². The summed E-state index contributed by atoms with van der Waals surface area (Å²) < 4.78 is 0. The molecule has 1 unspecified atom stereocenters. The first kappa shape index (κ1) is 15.6. The maximum absolute atomic E-state index is 10.4. The van der Waals surface area contributed by atoms with Crippen LogP contribution in [0.15, 0.2) is 18.2 Å². The predicted molar refractivity (Wildman–Crippen MR) is 86.0 cm³/mol. The summed E-state index contributed by atoms with van der Waals surface area (Å²) in [5.74, 6) is 0.860. The van der Waals surface area contributed by atoms with Crippen molar-refractivity contribution in [3.05, 3.63) is 34.9 Å². The maximum Gasteiger partial charge on any atom is 0.0790 e. The average molecular weight is 274 g/mol. The minimum Gasteiger partial charge on any atom is -0.388 e. The molecule has 0 aromatic heterocycles. The second kappa shape index (κ2) is 7.83. The third-order valence-corrected chi connectivity index (χ3v) is 4.95. The van der Waals surface area contributed by atoms with Crippen LogP contribution in [0.5, 0.6) is 0 Å². The van der Waals surface area contributed by atoms with Crippen molar-refractivity contribution in [1.29, 1.82) is 0 Å². The molecule has 0 amide bonds. The monoisotopic (exact) mass is 274 g/mol. The van der Waals surface area contributed by atoms with Crippen LogP contribution >= 0.6 is 0 Å². The van der Waals surface area contributed by atoms with Crippen LogP contribution in [0.25, 0.3) is 0 Å². The molecule has 0 radical (unpaired) electrons. The van der Waals surface area contributed by atoms with E-state index in [2.05, 4.69) is 32.0 Å². The van der Waals surface area contributed by atoms with Gasteiger partial charge in [0.25, 0.3) is 0 Å². The third-order valence-electron chi connectivity index (χ3n) is 4.95. The van der Waals surface area contributed by atoms with E-state index in [1.54, 1.807) is 0 Å². The van der Waals surface area contributed by atoms with Crippen LogP contribution in [0.4, 0.5) is 0 Å². The Bertz CT molecular complexity index is 404. The van der Waals surface area contributed by atoms with E-state index >= 15 is 0 Å². The number of aliphatic hydroxyl groups excluding tert-OH is 1. The van der Waals surface area contributed by atoms with E-state index in [-0.39, 0.29) is 6.10 Å². The molecule has 1 nitrogen and oxygen atoms in total. The molecule has 1 saturated carbocycles. The lowest BCUT2D eigenvalue weighted by Gasteiger charge is -2.23. The van der Waals surface area contributed by atoms with Gasteiger partial charge in [-0.25, -0.2) is 0 Å². The Balaban J connectivity index is 1.92. The molecule has 1 N–H and O–H groups in total. The molecule has 0 heterocycles. The van der Waals surface area contributed by atoms with Gasteiger partial charge in [-0.05, 0) is 48.3 Å². The molecule has 1 heteroatoms. The van der Waals surface area contributed by atoms with Crippen LogP contribution < -0.4 is 0 Å². The molecule has 1 aliphatic carbocycles. The van der Waals surface area contributed by atoms with Gasteiger partial charge in [0.15, 0.2) is 0 Å². The normalized spacial score (nSPS) is 18.1. The quantitative estimate of drug-likeness (QED) is 0.755. The average Bonchev–Trinajstić information content (AvgIpc) is 2.52. The number of rotatable bonds is 6. The lowest BCUT2D eigenvalue weighted by atomic mass is 9.84. The Hall–Kier alpha value is -0.820. The predicted octanol–water partition coefficient (Wildman–Crippen LogP) is 5.21. The molecule has 1 aromatic rings. The molecule has 1 fully saturated rings. The van der Waals surface area contributed by atoms with Gasteiger partial charge in [-0.1, -0.05) is 64.2 Å². The fourth-order valence-electron chi connectivity index (χ4n) is 3.56. The number of hydrogen-bond acceptors (Lipinski definition) is 1. The summed E-state index contributed by atoms with van der Waals surface area (Å²) in [5, 5.41) is 10.4. The van der Waals surface area contributed by atoms with Crippen molar-refractivity contribution >= 4 is 0 Å². The first-order valence-electron chi connectivity index (χ1n) is 8.54. The lowest BCUT2D eigenvalue weighted by Crippen LogP contribution is -2.08. The molecule has 1 aromatic carbocycles. The molecule has 20 heavy (non-hydrogen) atoms. The van der Waals surface area contributed by atoms with E-state index in [0.29, 0.717) is 0 Å². The molecule has 0 aliphatic heterocycles. The van der Waals surface area contributed by atoms with Gasteiger partial charge in [0, 0.05) is 0 Å². The summed E-state index contributed by atoms with van der Waals surface area (Å²) in [4.78, 5) is 0. The van der Waals surface area contributed by atoms with Crippen LogP contribution in [-0.2, 0) is 12.8 Å². The minimum absolute atomic E-state index is 0.270. The van der Waals surface area contributed by atoms with Crippen LogP contribution in [0.3, 0.4) is 0 Å². The second-order valence-corrected chi connectivity index (χ2v) is 6.33. The number of aryl methyl sites for hydroxylation is 2. The molecule has 0 bridgehead atoms. The van der Waals surface area contributed by atoms with E-state index in [4.69, 9.17) is 0 Å². The van der Waals surface area contributed by atoms with Gasteiger partial charge in [0.1, 0.15) is 0 Å². The van der Waals surface area contributed by atoms with Crippen molar-refractivity contribution in [2.45, 2.75) is 77.7 Å². The summed E-state index contributed by atoms with van der Waals surface area (Å²) in [7, 11) is 0. The van der Waals surface area contributed by atoms with Gasteiger partial charge in [-0.15, -0.1) is 0 Å². The van der Waals surface area contributed by atoms with Crippen molar-refractivity contribution in [1.82, 2.24) is 0 Å². The Morgan fingerprint density at radius 2 is 1.75 bits per heavy atom. The summed E-state index contributed by atoms with van der Waals surface area (Å²) in [6.45, 7) is 4.40. The van der Waals surface area contributed by atoms with Gasteiger partial charge in [0.05, 0.1) is 6.10 Å². The molecular weight excluding hydrogens is 244 g/mol. The first-order chi connectivity index (χ1) is 9.74. The standard InChI is InChI=1S/C19H30O/c1-3-16-11-12-18(14-17(16)4-2)19(20)13-10-15-8-6-5-7-9-15/h11-12,14-15,19-20H,3-10,13H2,1-2H3. The Morgan fingerprint density at radius 3 is 2.40 bits per heavy atom. The number of benzene rings is 1. The minimum atomic E-state index is -0.270. The van der Waals surface area contributed by atoms with E-state index in [0.717, 1.165) is 30.7 Å². The van der Waals surface area contributed by atoms with Gasteiger partial charge >= 0.3 is 0 Å². The van der Waals surface area contributed by atoms with Crippen LogP contribution in [0.2, 0.25) is 0 Å². The maximum atomic E-state index is 10.4. The van der Waals surface area contributed by atoms with Crippen molar-refractivity contribution < 1.29 is 5.11 Å². The van der Waals surface area contributed by atoms with Crippen molar-refractivity contribution in [2.75, 3.05) is 0 Å². The molecular formula is C19H30O. The number of aliphatic hydroxyl groups is 1. The van der Waals surface area contributed by atoms with Crippen molar-refractivity contribution in [3.63, 3.8) is 0 Å². The summed E-state index contributed by atoms with van der Waals surface area (Å²) in [5.41, 5.74) is 3.95. The summed E-state index contributed by atoms with van der Waals surface area (Å²) >= 11 is 0. The largest absolute Gasteiger partial charge is 0.388 e.